The summed E-state index contributed by atoms with van der Waals surface area (Å²) >= 11 is 12.0. The van der Waals surface area contributed by atoms with Crippen molar-refractivity contribution in [3.05, 3.63) is 28.0 Å². The largest absolute Gasteiger partial charge is 0.345 e. The summed E-state index contributed by atoms with van der Waals surface area (Å²) in [4.78, 5) is 16.6. The molecule has 1 N–H and O–H groups in total. The van der Waals surface area contributed by atoms with Crippen molar-refractivity contribution in [1.29, 1.82) is 0 Å². The fourth-order valence-electron chi connectivity index (χ4n) is 4.74. The van der Waals surface area contributed by atoms with Gasteiger partial charge in [-0.3, -0.25) is 4.79 Å². The van der Waals surface area contributed by atoms with Gasteiger partial charge in [0.2, 0.25) is 0 Å². The first-order valence-electron chi connectivity index (χ1n) is 12.5. The van der Waals surface area contributed by atoms with E-state index in [0.717, 1.165) is 11.0 Å². The molecule has 4 nitrogen and oxygen atoms in total. The Hall–Kier alpha value is -0.840. The fourth-order valence-corrected chi connectivity index (χ4v) is 5.08. The molecule has 1 aliphatic rings. The summed E-state index contributed by atoms with van der Waals surface area (Å²) in [6.45, 7) is 7.63. The second kappa shape index (κ2) is 15.1. The van der Waals surface area contributed by atoms with Crippen LogP contribution < -0.4 is 5.32 Å². The number of rotatable bonds is 15. The first kappa shape index (κ1) is 26.4. The molecule has 0 saturated carbocycles. The second-order valence-electron chi connectivity index (χ2n) is 9.20. The molecule has 1 aromatic rings. The summed E-state index contributed by atoms with van der Waals surface area (Å²) in [5, 5.41) is 3.65. The van der Waals surface area contributed by atoms with Gasteiger partial charge in [-0.1, -0.05) is 81.5 Å². The minimum absolute atomic E-state index is 0.217. The third kappa shape index (κ3) is 10.1. The average molecular weight is 472 g/mol. The molecule has 0 aromatic carbocycles. The van der Waals surface area contributed by atoms with Crippen LogP contribution in [0.3, 0.4) is 0 Å². The Morgan fingerprint density at radius 1 is 0.903 bits per heavy atom. The molecular weight excluding hydrogens is 429 g/mol. The van der Waals surface area contributed by atoms with Crippen LogP contribution in [0.1, 0.15) is 101 Å². The molecule has 0 aliphatic carbocycles. The molecule has 0 bridgehead atoms. The number of pyridine rings is 1. The summed E-state index contributed by atoms with van der Waals surface area (Å²) < 4.78 is 1.15. The van der Waals surface area contributed by atoms with Gasteiger partial charge >= 0.3 is 0 Å². The molecule has 1 aromatic heterocycles. The SMILES string of the molecule is CCCCCCCCCCCC[N+]1(CCNC(=O)c2nc(Cl)ccc2Cl)CCCCC1. The summed E-state index contributed by atoms with van der Waals surface area (Å²) in [5.41, 5.74) is 0.217. The molecule has 1 saturated heterocycles. The first-order valence-corrected chi connectivity index (χ1v) is 13.3. The zero-order valence-electron chi connectivity index (χ0n) is 19.4. The van der Waals surface area contributed by atoms with Gasteiger partial charge in [0.1, 0.15) is 10.8 Å². The van der Waals surface area contributed by atoms with Crippen molar-refractivity contribution in [3.8, 4) is 0 Å². The highest BCUT2D eigenvalue weighted by Crippen LogP contribution is 2.21. The van der Waals surface area contributed by atoms with Gasteiger partial charge in [-0.2, -0.15) is 0 Å². The van der Waals surface area contributed by atoms with Crippen LogP contribution in [0.2, 0.25) is 10.2 Å². The molecule has 0 unspecified atom stereocenters. The van der Waals surface area contributed by atoms with Gasteiger partial charge in [-0.05, 0) is 44.2 Å². The van der Waals surface area contributed by atoms with E-state index in [1.165, 1.54) is 103 Å². The topological polar surface area (TPSA) is 42.0 Å². The molecule has 0 spiro atoms. The lowest BCUT2D eigenvalue weighted by Crippen LogP contribution is -2.55. The van der Waals surface area contributed by atoms with Crippen LogP contribution in [-0.2, 0) is 0 Å². The van der Waals surface area contributed by atoms with Crippen molar-refractivity contribution in [2.45, 2.75) is 90.4 Å². The van der Waals surface area contributed by atoms with Crippen molar-refractivity contribution in [2.75, 3.05) is 32.7 Å². The molecule has 0 atom stereocenters. The Bertz CT molecular complexity index is 648. The second-order valence-corrected chi connectivity index (χ2v) is 9.99. The van der Waals surface area contributed by atoms with Gasteiger partial charge in [-0.25, -0.2) is 4.98 Å². The Kier molecular flexibility index (Phi) is 12.8. The number of halogens is 2. The normalized spacial score (nSPS) is 15.7. The number of carbonyl (C=O) groups is 1. The smallest absolute Gasteiger partial charge is 0.271 e. The highest BCUT2D eigenvalue weighted by atomic mass is 35.5. The molecule has 1 aliphatic heterocycles. The summed E-state index contributed by atoms with van der Waals surface area (Å²) in [7, 11) is 0. The lowest BCUT2D eigenvalue weighted by atomic mass is 10.0. The van der Waals surface area contributed by atoms with E-state index in [4.69, 9.17) is 23.2 Å². The van der Waals surface area contributed by atoms with E-state index >= 15 is 0 Å². The Balaban J connectivity index is 1.68. The number of hydrogen-bond acceptors (Lipinski definition) is 2. The predicted octanol–water partition coefficient (Wildman–Crippen LogP) is 7.04. The van der Waals surface area contributed by atoms with Gasteiger partial charge < -0.3 is 9.80 Å². The van der Waals surface area contributed by atoms with E-state index in [9.17, 15) is 4.79 Å². The summed E-state index contributed by atoms with van der Waals surface area (Å²) in [6, 6.07) is 3.22. The molecule has 2 heterocycles. The van der Waals surface area contributed by atoms with E-state index in [-0.39, 0.29) is 16.8 Å². The number of piperidine rings is 1. The molecule has 2 rings (SSSR count). The van der Waals surface area contributed by atoms with E-state index in [2.05, 4.69) is 17.2 Å². The Labute approximate surface area is 199 Å². The number of unbranched alkanes of at least 4 members (excludes halogenated alkanes) is 9. The average Bonchev–Trinajstić information content (AvgIpc) is 2.77. The third-order valence-corrected chi connectivity index (χ3v) is 7.17. The van der Waals surface area contributed by atoms with Crippen molar-refractivity contribution in [3.63, 3.8) is 0 Å². The summed E-state index contributed by atoms with van der Waals surface area (Å²) in [6.07, 6.45) is 17.7. The highest BCUT2D eigenvalue weighted by Gasteiger charge is 2.29. The van der Waals surface area contributed by atoms with Gasteiger partial charge in [0.05, 0.1) is 37.7 Å². The van der Waals surface area contributed by atoms with Crippen LogP contribution in [0.5, 0.6) is 0 Å². The number of carbonyl (C=O) groups excluding carboxylic acids is 1. The molecule has 176 valence electrons. The highest BCUT2D eigenvalue weighted by molar-refractivity contribution is 6.34. The molecule has 0 radical (unpaired) electrons. The van der Waals surface area contributed by atoms with Gasteiger partial charge in [0, 0.05) is 0 Å². The number of amides is 1. The Morgan fingerprint density at radius 2 is 1.52 bits per heavy atom. The standard InChI is InChI=1S/C25H41Cl2N3O/c1-2-3-4-5-6-7-8-9-10-12-18-30(19-13-11-14-20-30)21-17-28-25(31)24-22(26)15-16-23(27)29-24/h15-16H,2-14,17-21H2,1H3/p+1. The number of nitrogens with one attached hydrogen (secondary N) is 1. The van der Waals surface area contributed by atoms with Gasteiger partial charge in [-0.15, -0.1) is 0 Å². The summed E-state index contributed by atoms with van der Waals surface area (Å²) in [5.74, 6) is -0.235. The lowest BCUT2D eigenvalue weighted by molar-refractivity contribution is -0.931. The van der Waals surface area contributed by atoms with Crippen LogP contribution >= 0.6 is 23.2 Å². The van der Waals surface area contributed by atoms with Crippen LogP contribution in [0.4, 0.5) is 0 Å². The first-order chi connectivity index (χ1) is 15.1. The van der Waals surface area contributed by atoms with E-state index in [1.807, 2.05) is 0 Å². The van der Waals surface area contributed by atoms with Crippen molar-refractivity contribution < 1.29 is 9.28 Å². The molecular formula is C25H42Cl2N3O+. The molecule has 1 fully saturated rings. The van der Waals surface area contributed by atoms with Crippen LogP contribution in [-0.4, -0.2) is 48.1 Å². The maximum Gasteiger partial charge on any atom is 0.271 e. The quantitative estimate of drug-likeness (QED) is 0.169. The van der Waals surface area contributed by atoms with Crippen LogP contribution in [0.25, 0.3) is 0 Å². The van der Waals surface area contributed by atoms with Gasteiger partial charge in [0.25, 0.3) is 5.91 Å². The number of nitrogens with zero attached hydrogens (tertiary/aromatic N) is 2. The minimum Gasteiger partial charge on any atom is -0.345 e. The number of aromatic nitrogens is 1. The monoisotopic (exact) mass is 470 g/mol. The minimum atomic E-state index is -0.235. The molecule has 1 amide bonds. The van der Waals surface area contributed by atoms with E-state index in [0.29, 0.717) is 11.6 Å². The predicted molar refractivity (Wildman–Crippen MR) is 132 cm³/mol. The number of quaternary nitrogens is 1. The number of hydrogen-bond donors (Lipinski definition) is 1. The Morgan fingerprint density at radius 3 is 2.16 bits per heavy atom. The molecule has 31 heavy (non-hydrogen) atoms. The van der Waals surface area contributed by atoms with Crippen molar-refractivity contribution in [2.24, 2.45) is 0 Å². The zero-order chi connectivity index (χ0) is 22.4. The fraction of sp³-hybridized carbons (Fsp3) is 0.760. The van der Waals surface area contributed by atoms with Crippen LogP contribution in [0.15, 0.2) is 12.1 Å². The maximum atomic E-state index is 12.5. The van der Waals surface area contributed by atoms with Gasteiger partial charge in [0.15, 0.2) is 0 Å². The maximum absolute atomic E-state index is 12.5. The van der Waals surface area contributed by atoms with E-state index in [1.54, 1.807) is 12.1 Å². The lowest BCUT2D eigenvalue weighted by Gasteiger charge is -2.42. The van der Waals surface area contributed by atoms with Crippen molar-refractivity contribution in [1.82, 2.24) is 10.3 Å². The van der Waals surface area contributed by atoms with Crippen molar-refractivity contribution >= 4 is 29.1 Å². The zero-order valence-corrected chi connectivity index (χ0v) is 21.0. The van der Waals surface area contributed by atoms with Crippen LogP contribution in [0, 0.1) is 0 Å². The third-order valence-electron chi connectivity index (χ3n) is 6.65. The molecule has 6 heteroatoms. The number of likely N-dealkylation sites (tertiary alicyclic amines) is 1. The van der Waals surface area contributed by atoms with E-state index < -0.39 is 0 Å².